The summed E-state index contributed by atoms with van der Waals surface area (Å²) >= 11 is 0. The van der Waals surface area contributed by atoms with Crippen LogP contribution in [-0.2, 0) is 4.74 Å². The van der Waals surface area contributed by atoms with Crippen LogP contribution in [0.1, 0.15) is 0 Å². The Morgan fingerprint density at radius 3 is 2.62 bits per heavy atom. The van der Waals surface area contributed by atoms with Crippen LogP contribution < -0.4 is 5.73 Å². The Kier molecular flexibility index (Phi) is 4.30. The van der Waals surface area contributed by atoms with Crippen molar-refractivity contribution in [1.82, 2.24) is 0 Å². The first-order chi connectivity index (χ1) is 3.85. The minimum absolute atomic E-state index is 0.0235. The van der Waals surface area contributed by atoms with Crippen molar-refractivity contribution >= 4 is 0 Å². The number of rotatable bonds is 3. The van der Waals surface area contributed by atoms with Crippen LogP contribution in [-0.4, -0.2) is 25.4 Å². The molecule has 0 bridgehead atoms. The predicted molar refractivity (Wildman–Crippen MR) is 31.2 cm³/mol. The smallest absolute Gasteiger partial charge is 0.0852 e. The molecule has 3 N–H and O–H groups in total. The first-order valence-corrected chi connectivity index (χ1v) is 2.36. The summed E-state index contributed by atoms with van der Waals surface area (Å²) in [5.41, 5.74) is 5.86. The van der Waals surface area contributed by atoms with Crippen molar-refractivity contribution in [2.45, 2.75) is 0 Å². The first-order valence-electron chi connectivity index (χ1n) is 2.36. The largest absolute Gasteiger partial charge is 0.504 e. The molecular weight excluding hydrogens is 106 g/mol. The summed E-state index contributed by atoms with van der Waals surface area (Å²) in [6, 6.07) is 0. The van der Waals surface area contributed by atoms with Crippen molar-refractivity contribution in [3.05, 3.63) is 11.8 Å². The topological polar surface area (TPSA) is 55.5 Å². The van der Waals surface area contributed by atoms with E-state index >= 15 is 0 Å². The summed E-state index contributed by atoms with van der Waals surface area (Å²) in [6.45, 7) is 0.328. The van der Waals surface area contributed by atoms with Crippen LogP contribution in [0.3, 0.4) is 0 Å². The van der Waals surface area contributed by atoms with Crippen molar-refractivity contribution in [3.8, 4) is 0 Å². The average Bonchev–Trinajstić information content (AvgIpc) is 1.83. The van der Waals surface area contributed by atoms with Crippen LogP contribution >= 0.6 is 0 Å². The van der Waals surface area contributed by atoms with Crippen molar-refractivity contribution in [1.29, 1.82) is 0 Å². The molecule has 0 amide bonds. The molecule has 3 nitrogen and oxygen atoms in total. The SMILES string of the molecule is COC=C(CN)CO. The molecule has 0 atom stereocenters. The van der Waals surface area contributed by atoms with Crippen LogP contribution in [0.5, 0.6) is 0 Å². The standard InChI is InChI=1S/C5H11NO2/c1-8-4-5(2-6)3-7/h4,7H,2-3,6H2,1H3. The predicted octanol–water partition coefficient (Wildman–Crippen LogP) is -0.532. The zero-order valence-electron chi connectivity index (χ0n) is 4.92. The first kappa shape index (κ1) is 7.46. The van der Waals surface area contributed by atoms with E-state index < -0.39 is 0 Å². The highest BCUT2D eigenvalue weighted by atomic mass is 16.5. The molecule has 0 unspecified atom stereocenters. The van der Waals surface area contributed by atoms with E-state index in [4.69, 9.17) is 10.8 Å². The van der Waals surface area contributed by atoms with E-state index in [0.717, 1.165) is 0 Å². The van der Waals surface area contributed by atoms with Gasteiger partial charge in [-0.15, -0.1) is 0 Å². The molecule has 0 heterocycles. The summed E-state index contributed by atoms with van der Waals surface area (Å²) in [4.78, 5) is 0. The van der Waals surface area contributed by atoms with Gasteiger partial charge in [0.15, 0.2) is 0 Å². The second-order valence-electron chi connectivity index (χ2n) is 1.37. The molecule has 0 aromatic carbocycles. The summed E-state index contributed by atoms with van der Waals surface area (Å²) in [5, 5.41) is 8.43. The zero-order chi connectivity index (χ0) is 6.41. The molecule has 3 heteroatoms. The van der Waals surface area contributed by atoms with Gasteiger partial charge < -0.3 is 15.6 Å². The van der Waals surface area contributed by atoms with Gasteiger partial charge in [0.2, 0.25) is 0 Å². The molecule has 8 heavy (non-hydrogen) atoms. The van der Waals surface area contributed by atoms with Gasteiger partial charge in [-0.25, -0.2) is 0 Å². The minimum atomic E-state index is -0.0235. The van der Waals surface area contributed by atoms with E-state index in [2.05, 4.69) is 4.74 Å². The lowest BCUT2D eigenvalue weighted by molar-refractivity contribution is 0.300. The number of aliphatic hydroxyl groups excluding tert-OH is 1. The second-order valence-corrected chi connectivity index (χ2v) is 1.37. The van der Waals surface area contributed by atoms with Crippen molar-refractivity contribution in [2.24, 2.45) is 5.73 Å². The van der Waals surface area contributed by atoms with Crippen LogP contribution in [0.4, 0.5) is 0 Å². The number of aliphatic hydroxyl groups is 1. The van der Waals surface area contributed by atoms with Gasteiger partial charge in [-0.2, -0.15) is 0 Å². The molecule has 0 aliphatic heterocycles. The van der Waals surface area contributed by atoms with Gasteiger partial charge >= 0.3 is 0 Å². The minimum Gasteiger partial charge on any atom is -0.504 e. The summed E-state index contributed by atoms with van der Waals surface area (Å²) in [7, 11) is 1.52. The fourth-order valence-electron chi connectivity index (χ4n) is 0.317. The monoisotopic (exact) mass is 117 g/mol. The van der Waals surface area contributed by atoms with Crippen LogP contribution in [0.15, 0.2) is 11.8 Å². The van der Waals surface area contributed by atoms with Gasteiger partial charge in [0.1, 0.15) is 0 Å². The summed E-state index contributed by atoms with van der Waals surface area (Å²) < 4.78 is 4.58. The molecule has 0 aromatic heterocycles. The normalized spacial score (nSPS) is 11.6. The van der Waals surface area contributed by atoms with E-state index in [1.165, 1.54) is 13.4 Å². The highest BCUT2D eigenvalue weighted by Crippen LogP contribution is 1.86. The molecule has 0 fully saturated rings. The van der Waals surface area contributed by atoms with Gasteiger partial charge in [-0.3, -0.25) is 0 Å². The van der Waals surface area contributed by atoms with E-state index in [1.807, 2.05) is 0 Å². The quantitative estimate of drug-likeness (QED) is 0.488. The van der Waals surface area contributed by atoms with E-state index in [-0.39, 0.29) is 6.61 Å². The number of ether oxygens (including phenoxy) is 1. The Balaban J connectivity index is 3.49. The third kappa shape index (κ3) is 2.60. The van der Waals surface area contributed by atoms with Crippen LogP contribution in [0.2, 0.25) is 0 Å². The van der Waals surface area contributed by atoms with Gasteiger partial charge in [0.25, 0.3) is 0 Å². The van der Waals surface area contributed by atoms with Gasteiger partial charge in [-0.1, -0.05) is 0 Å². The Morgan fingerprint density at radius 2 is 2.50 bits per heavy atom. The molecule has 0 aliphatic rings. The van der Waals surface area contributed by atoms with Crippen molar-refractivity contribution < 1.29 is 9.84 Å². The lowest BCUT2D eigenvalue weighted by Crippen LogP contribution is -2.06. The van der Waals surface area contributed by atoms with Crippen LogP contribution in [0.25, 0.3) is 0 Å². The molecular formula is C5H11NO2. The fourth-order valence-corrected chi connectivity index (χ4v) is 0.317. The molecule has 0 aliphatic carbocycles. The van der Waals surface area contributed by atoms with E-state index in [0.29, 0.717) is 12.1 Å². The summed E-state index contributed by atoms with van der Waals surface area (Å²) in [5.74, 6) is 0. The maximum atomic E-state index is 8.43. The number of nitrogens with two attached hydrogens (primary N) is 1. The van der Waals surface area contributed by atoms with Crippen LogP contribution in [0, 0.1) is 0 Å². The molecule has 0 spiro atoms. The fraction of sp³-hybridized carbons (Fsp3) is 0.600. The third-order valence-corrected chi connectivity index (χ3v) is 0.750. The number of methoxy groups -OCH3 is 1. The zero-order valence-corrected chi connectivity index (χ0v) is 4.92. The highest BCUT2D eigenvalue weighted by Gasteiger charge is 1.87. The Bertz CT molecular complexity index is 74.5. The molecule has 0 aromatic rings. The molecule has 0 saturated heterocycles. The number of hydrogen-bond acceptors (Lipinski definition) is 3. The maximum Gasteiger partial charge on any atom is 0.0852 e. The van der Waals surface area contributed by atoms with E-state index in [1.54, 1.807) is 0 Å². The lowest BCUT2D eigenvalue weighted by Gasteiger charge is -1.95. The molecule has 0 rings (SSSR count). The Morgan fingerprint density at radius 1 is 1.88 bits per heavy atom. The summed E-state index contributed by atoms with van der Waals surface area (Å²) in [6.07, 6.45) is 1.44. The maximum absolute atomic E-state index is 8.43. The molecule has 0 radical (unpaired) electrons. The molecule has 48 valence electrons. The molecule has 0 saturated carbocycles. The van der Waals surface area contributed by atoms with Gasteiger partial charge in [0.05, 0.1) is 20.0 Å². The highest BCUT2D eigenvalue weighted by molar-refractivity contribution is 4.98. The Labute approximate surface area is 48.8 Å². The van der Waals surface area contributed by atoms with Crippen molar-refractivity contribution in [2.75, 3.05) is 20.3 Å². The average molecular weight is 117 g/mol. The van der Waals surface area contributed by atoms with Gasteiger partial charge in [-0.05, 0) is 0 Å². The third-order valence-electron chi connectivity index (χ3n) is 0.750. The lowest BCUT2D eigenvalue weighted by atomic mass is 10.3. The second kappa shape index (κ2) is 4.61. The number of hydrogen-bond donors (Lipinski definition) is 2. The van der Waals surface area contributed by atoms with Crippen molar-refractivity contribution in [3.63, 3.8) is 0 Å². The van der Waals surface area contributed by atoms with Gasteiger partial charge in [0, 0.05) is 12.1 Å². The van der Waals surface area contributed by atoms with E-state index in [9.17, 15) is 0 Å². The Hall–Kier alpha value is -0.540.